The van der Waals surface area contributed by atoms with Gasteiger partial charge in [0.1, 0.15) is 6.33 Å². The minimum atomic E-state index is 0.0869. The number of hydrogen-bond donors (Lipinski definition) is 1. The van der Waals surface area contributed by atoms with Crippen molar-refractivity contribution >= 4 is 0 Å². The van der Waals surface area contributed by atoms with Gasteiger partial charge in [-0.3, -0.25) is 4.57 Å². The van der Waals surface area contributed by atoms with Crippen LogP contribution in [0.4, 0.5) is 0 Å². The van der Waals surface area contributed by atoms with Crippen molar-refractivity contribution in [2.75, 3.05) is 0 Å². The summed E-state index contributed by atoms with van der Waals surface area (Å²) in [4.78, 5) is 3.81. The third kappa shape index (κ3) is 1.28. The number of hydrogen-bond acceptors (Lipinski definition) is 2. The van der Waals surface area contributed by atoms with Crippen LogP contribution in [0.25, 0.3) is 5.69 Å². The van der Waals surface area contributed by atoms with Gasteiger partial charge in [0, 0.05) is 5.69 Å². The van der Waals surface area contributed by atoms with E-state index in [9.17, 15) is 5.11 Å². The number of aromatic hydroxyl groups is 1. The lowest BCUT2D eigenvalue weighted by Crippen LogP contribution is -1.93. The SMILES string of the molecule is Cc1c(O)ncn1-c1ccccc1. The maximum Gasteiger partial charge on any atom is 0.232 e. The molecule has 0 aliphatic carbocycles. The number of rotatable bonds is 1. The molecular formula is C10H10N2O. The number of imidazole rings is 1. The van der Waals surface area contributed by atoms with Crippen LogP contribution >= 0.6 is 0 Å². The summed E-state index contributed by atoms with van der Waals surface area (Å²) in [5, 5.41) is 9.27. The van der Waals surface area contributed by atoms with Crippen LogP contribution in [0.3, 0.4) is 0 Å². The first-order chi connectivity index (χ1) is 6.29. The fraction of sp³-hybridized carbons (Fsp3) is 0.100. The summed E-state index contributed by atoms with van der Waals surface area (Å²) in [6, 6.07) is 9.79. The van der Waals surface area contributed by atoms with Crippen molar-refractivity contribution in [1.82, 2.24) is 9.55 Å². The molecule has 0 saturated carbocycles. The molecule has 0 bridgehead atoms. The molecule has 1 heterocycles. The van der Waals surface area contributed by atoms with E-state index in [2.05, 4.69) is 4.98 Å². The van der Waals surface area contributed by atoms with Crippen molar-refractivity contribution in [3.63, 3.8) is 0 Å². The maximum absolute atomic E-state index is 9.27. The Morgan fingerprint density at radius 3 is 2.46 bits per heavy atom. The van der Waals surface area contributed by atoms with E-state index in [1.807, 2.05) is 41.8 Å². The quantitative estimate of drug-likeness (QED) is 0.716. The molecule has 1 N–H and O–H groups in total. The summed E-state index contributed by atoms with van der Waals surface area (Å²) in [6.45, 7) is 1.83. The summed E-state index contributed by atoms with van der Waals surface area (Å²) >= 11 is 0. The molecule has 0 atom stereocenters. The monoisotopic (exact) mass is 174 g/mol. The number of benzene rings is 1. The molecule has 3 heteroatoms. The normalized spacial score (nSPS) is 10.2. The number of nitrogens with zero attached hydrogens (tertiary/aromatic N) is 2. The molecular weight excluding hydrogens is 164 g/mol. The number of aromatic nitrogens is 2. The predicted molar refractivity (Wildman–Crippen MR) is 50.0 cm³/mol. The van der Waals surface area contributed by atoms with Crippen molar-refractivity contribution in [2.45, 2.75) is 6.92 Å². The van der Waals surface area contributed by atoms with Crippen LogP contribution in [0.1, 0.15) is 5.69 Å². The Balaban J connectivity index is 2.53. The molecule has 1 aromatic heterocycles. The average Bonchev–Trinajstić information content (AvgIpc) is 2.49. The van der Waals surface area contributed by atoms with Gasteiger partial charge in [0.2, 0.25) is 5.88 Å². The van der Waals surface area contributed by atoms with Crippen LogP contribution in [0, 0.1) is 6.92 Å². The lowest BCUT2D eigenvalue weighted by atomic mass is 10.3. The minimum absolute atomic E-state index is 0.0869. The Hall–Kier alpha value is -1.77. The van der Waals surface area contributed by atoms with Gasteiger partial charge in [-0.05, 0) is 19.1 Å². The summed E-state index contributed by atoms with van der Waals surface area (Å²) in [7, 11) is 0. The molecule has 0 aliphatic heterocycles. The first-order valence-electron chi connectivity index (χ1n) is 4.07. The highest BCUT2D eigenvalue weighted by Crippen LogP contribution is 2.17. The van der Waals surface area contributed by atoms with E-state index in [-0.39, 0.29) is 5.88 Å². The van der Waals surface area contributed by atoms with Crippen molar-refractivity contribution in [3.05, 3.63) is 42.4 Å². The van der Waals surface area contributed by atoms with Gasteiger partial charge >= 0.3 is 0 Å². The summed E-state index contributed by atoms with van der Waals surface area (Å²) < 4.78 is 1.84. The summed E-state index contributed by atoms with van der Waals surface area (Å²) in [6.07, 6.45) is 1.61. The van der Waals surface area contributed by atoms with Crippen LogP contribution in [0.2, 0.25) is 0 Å². The Morgan fingerprint density at radius 2 is 1.92 bits per heavy atom. The fourth-order valence-electron chi connectivity index (χ4n) is 1.25. The van der Waals surface area contributed by atoms with Gasteiger partial charge in [0.15, 0.2) is 0 Å². The van der Waals surface area contributed by atoms with E-state index < -0.39 is 0 Å². The molecule has 0 aliphatic rings. The smallest absolute Gasteiger partial charge is 0.232 e. The van der Waals surface area contributed by atoms with Crippen LogP contribution < -0.4 is 0 Å². The molecule has 0 saturated heterocycles. The highest BCUT2D eigenvalue weighted by Gasteiger charge is 2.04. The van der Waals surface area contributed by atoms with Gasteiger partial charge in [-0.1, -0.05) is 18.2 Å². The maximum atomic E-state index is 9.27. The van der Waals surface area contributed by atoms with Gasteiger partial charge in [-0.2, -0.15) is 0 Å². The number of para-hydroxylation sites is 1. The molecule has 3 nitrogen and oxygen atoms in total. The highest BCUT2D eigenvalue weighted by atomic mass is 16.3. The van der Waals surface area contributed by atoms with Crippen LogP contribution in [0.15, 0.2) is 36.7 Å². The summed E-state index contributed by atoms with van der Waals surface area (Å²) in [5.41, 5.74) is 1.76. The molecule has 0 unspecified atom stereocenters. The van der Waals surface area contributed by atoms with E-state index in [1.165, 1.54) is 0 Å². The molecule has 13 heavy (non-hydrogen) atoms. The van der Waals surface area contributed by atoms with Crippen LogP contribution in [-0.2, 0) is 0 Å². The standard InChI is InChI=1S/C10H10N2O/c1-8-10(13)11-7-12(8)9-5-3-2-4-6-9/h2-7,13H,1H3. The van der Waals surface area contributed by atoms with E-state index in [1.54, 1.807) is 6.33 Å². The Morgan fingerprint density at radius 1 is 1.23 bits per heavy atom. The van der Waals surface area contributed by atoms with Crippen molar-refractivity contribution in [2.24, 2.45) is 0 Å². The first-order valence-corrected chi connectivity index (χ1v) is 4.07. The van der Waals surface area contributed by atoms with E-state index >= 15 is 0 Å². The highest BCUT2D eigenvalue weighted by molar-refractivity contribution is 5.35. The zero-order valence-electron chi connectivity index (χ0n) is 7.31. The predicted octanol–water partition coefficient (Wildman–Crippen LogP) is 1.89. The van der Waals surface area contributed by atoms with Crippen molar-refractivity contribution in [1.29, 1.82) is 0 Å². The molecule has 2 aromatic rings. The Labute approximate surface area is 76.3 Å². The first kappa shape index (κ1) is 7.86. The van der Waals surface area contributed by atoms with E-state index in [4.69, 9.17) is 0 Å². The second-order valence-corrected chi connectivity index (χ2v) is 2.86. The van der Waals surface area contributed by atoms with E-state index in [0.29, 0.717) is 0 Å². The van der Waals surface area contributed by atoms with Crippen molar-refractivity contribution in [3.8, 4) is 11.6 Å². The minimum Gasteiger partial charge on any atom is -0.492 e. The Bertz CT molecular complexity index is 406. The second kappa shape index (κ2) is 2.94. The largest absolute Gasteiger partial charge is 0.492 e. The van der Waals surface area contributed by atoms with Crippen molar-refractivity contribution < 1.29 is 5.11 Å². The molecule has 0 radical (unpaired) electrons. The zero-order valence-corrected chi connectivity index (χ0v) is 7.31. The molecule has 0 amide bonds. The third-order valence-electron chi connectivity index (χ3n) is 2.01. The van der Waals surface area contributed by atoms with E-state index in [0.717, 1.165) is 11.4 Å². The van der Waals surface area contributed by atoms with Gasteiger partial charge in [-0.15, -0.1) is 0 Å². The lowest BCUT2D eigenvalue weighted by Gasteiger charge is -2.03. The van der Waals surface area contributed by atoms with Gasteiger partial charge < -0.3 is 5.11 Å². The topological polar surface area (TPSA) is 38.1 Å². The van der Waals surface area contributed by atoms with Crippen LogP contribution in [-0.4, -0.2) is 14.7 Å². The molecule has 0 fully saturated rings. The van der Waals surface area contributed by atoms with Gasteiger partial charge in [0.05, 0.1) is 5.69 Å². The second-order valence-electron chi connectivity index (χ2n) is 2.86. The lowest BCUT2D eigenvalue weighted by molar-refractivity contribution is 0.451. The van der Waals surface area contributed by atoms with Crippen LogP contribution in [0.5, 0.6) is 5.88 Å². The molecule has 66 valence electrons. The fourth-order valence-corrected chi connectivity index (χ4v) is 1.25. The molecule has 2 rings (SSSR count). The Kier molecular flexibility index (Phi) is 1.77. The van der Waals surface area contributed by atoms with Gasteiger partial charge in [0.25, 0.3) is 0 Å². The zero-order chi connectivity index (χ0) is 9.26. The third-order valence-corrected chi connectivity index (χ3v) is 2.01. The molecule has 1 aromatic carbocycles. The molecule has 0 spiro atoms. The van der Waals surface area contributed by atoms with Gasteiger partial charge in [-0.25, -0.2) is 4.98 Å². The average molecular weight is 174 g/mol. The summed E-state index contributed by atoms with van der Waals surface area (Å²) in [5.74, 6) is 0.0869.